The molecule has 31 heavy (non-hydrogen) atoms. The van der Waals surface area contributed by atoms with Crippen LogP contribution in [0, 0.1) is 0 Å². The Kier molecular flexibility index (Phi) is 5.53. The van der Waals surface area contributed by atoms with Crippen molar-refractivity contribution in [2.75, 3.05) is 19.5 Å². The van der Waals surface area contributed by atoms with Crippen LogP contribution in [0.2, 0.25) is 0 Å². The maximum absolute atomic E-state index is 13.1. The summed E-state index contributed by atoms with van der Waals surface area (Å²) in [6, 6.07) is 8.40. The summed E-state index contributed by atoms with van der Waals surface area (Å²) in [5, 5.41) is 35.6. The minimum atomic E-state index is -2.68. The van der Waals surface area contributed by atoms with E-state index in [1.165, 1.54) is 24.1 Å². The molecule has 8 nitrogen and oxygen atoms in total. The molecule has 0 saturated carbocycles. The Morgan fingerprint density at radius 2 is 1.97 bits per heavy atom. The first-order valence-electron chi connectivity index (χ1n) is 9.27. The van der Waals surface area contributed by atoms with Crippen molar-refractivity contribution in [1.29, 1.82) is 0 Å². The van der Waals surface area contributed by atoms with Gasteiger partial charge in [-0.25, -0.2) is 13.5 Å². The first-order valence-corrected chi connectivity index (χ1v) is 9.27. The van der Waals surface area contributed by atoms with Crippen LogP contribution in [0.3, 0.4) is 0 Å². The number of methoxy groups -OCH3 is 1. The number of rotatable bonds is 6. The molecule has 2 aromatic heterocycles. The van der Waals surface area contributed by atoms with Crippen LogP contribution in [0.1, 0.15) is 12.0 Å². The second-order valence-electron chi connectivity index (χ2n) is 6.75. The Bertz CT molecular complexity index is 1250. The van der Waals surface area contributed by atoms with Gasteiger partial charge in [-0.15, -0.1) is 0 Å². The molecule has 0 bridgehead atoms. The molecule has 4 rings (SSSR count). The summed E-state index contributed by atoms with van der Waals surface area (Å²) in [6.07, 6.45) is 1.21. The fourth-order valence-electron chi connectivity index (χ4n) is 3.39. The van der Waals surface area contributed by atoms with Crippen molar-refractivity contribution in [3.8, 4) is 22.6 Å². The number of alkyl halides is 2. The van der Waals surface area contributed by atoms with Crippen molar-refractivity contribution < 1.29 is 23.6 Å². The van der Waals surface area contributed by atoms with Crippen LogP contribution in [0.4, 0.5) is 14.5 Å². The van der Waals surface area contributed by atoms with Gasteiger partial charge in [0.1, 0.15) is 11.4 Å². The van der Waals surface area contributed by atoms with Crippen molar-refractivity contribution in [3.05, 3.63) is 54.5 Å². The zero-order valence-corrected chi connectivity index (χ0v) is 16.6. The summed E-state index contributed by atoms with van der Waals surface area (Å²) in [6.45, 7) is 0. The zero-order chi connectivity index (χ0) is 22.1. The van der Waals surface area contributed by atoms with Crippen molar-refractivity contribution in [2.24, 2.45) is 0 Å². The number of fused-ring (bicyclic) bond motifs is 1. The molecule has 0 unspecified atom stereocenters. The Labute approximate surface area is 176 Å². The van der Waals surface area contributed by atoms with E-state index in [1.807, 2.05) is 12.1 Å². The predicted molar refractivity (Wildman–Crippen MR) is 113 cm³/mol. The molecule has 0 aliphatic carbocycles. The summed E-state index contributed by atoms with van der Waals surface area (Å²) in [5.41, 5.74) is 2.82. The first-order chi connectivity index (χ1) is 14.9. The van der Waals surface area contributed by atoms with Crippen molar-refractivity contribution in [3.63, 3.8) is 0 Å². The Hall–Kier alpha value is -3.57. The molecule has 0 spiro atoms. The smallest absolute Gasteiger partial charge is 0.488 e. The molecule has 3 N–H and O–H groups in total. The van der Waals surface area contributed by atoms with Gasteiger partial charge in [-0.3, -0.25) is 0 Å². The summed E-state index contributed by atoms with van der Waals surface area (Å²) < 4.78 is 33.0. The van der Waals surface area contributed by atoms with Gasteiger partial charge in [0, 0.05) is 24.2 Å². The lowest BCUT2D eigenvalue weighted by molar-refractivity contribution is 0.151. The van der Waals surface area contributed by atoms with Gasteiger partial charge in [0.25, 0.3) is 6.43 Å². The van der Waals surface area contributed by atoms with Crippen LogP contribution < -0.4 is 15.5 Å². The maximum Gasteiger partial charge on any atom is 0.488 e. The Morgan fingerprint density at radius 1 is 1.16 bits per heavy atom. The van der Waals surface area contributed by atoms with E-state index in [4.69, 9.17) is 4.74 Å². The molecule has 158 valence electrons. The Balaban J connectivity index is 1.99. The van der Waals surface area contributed by atoms with E-state index in [0.717, 1.165) is 17.3 Å². The first kappa shape index (κ1) is 20.7. The summed E-state index contributed by atoms with van der Waals surface area (Å²) in [5.74, 6) is 0.236. The molecule has 2 aromatic carbocycles. The van der Waals surface area contributed by atoms with E-state index >= 15 is 0 Å². The van der Waals surface area contributed by atoms with Crippen LogP contribution in [0.25, 0.3) is 27.7 Å². The molecule has 2 heterocycles. The average molecular weight is 425 g/mol. The number of benzene rings is 2. The van der Waals surface area contributed by atoms with E-state index in [9.17, 15) is 18.8 Å². The normalized spacial score (nSPS) is 11.2. The molecule has 0 saturated heterocycles. The number of ether oxygens (including phenoxy) is 1. The van der Waals surface area contributed by atoms with Gasteiger partial charge in [-0.05, 0) is 29.2 Å². The second kappa shape index (κ2) is 8.28. The molecular weight excluding hydrogens is 407 g/mol. The lowest BCUT2D eigenvalue weighted by Crippen LogP contribution is -2.30. The number of aromatic nitrogens is 4. The molecule has 0 atom stereocenters. The fraction of sp³-hybridized carbons (Fsp3) is 0.150. The SMILES string of the molecule is CNc1cnnc2cc(-c3cc(B(O)O)cc(OC)c3-n3cc(C(F)F)cn3)ccc12. The molecule has 0 aliphatic heterocycles. The lowest BCUT2D eigenvalue weighted by atomic mass is 9.78. The van der Waals surface area contributed by atoms with Crippen LogP contribution in [0.15, 0.2) is 48.9 Å². The highest BCUT2D eigenvalue weighted by molar-refractivity contribution is 6.58. The standard InChI is InChI=1S/C20H18BF2N5O3/c1-24-17-9-25-27-16-5-11(3-4-14(16)17)15-6-13(21(29)30)7-18(31-2)19(15)28-10-12(8-26-28)20(22)23/h3-10,20,29-30H,1-2H3,(H,24,27). The van der Waals surface area contributed by atoms with Crippen LogP contribution in [0.5, 0.6) is 5.75 Å². The third kappa shape index (κ3) is 3.80. The number of halogens is 2. The summed E-state index contributed by atoms with van der Waals surface area (Å²) >= 11 is 0. The number of anilines is 1. The lowest BCUT2D eigenvalue weighted by Gasteiger charge is -2.17. The Morgan fingerprint density at radius 3 is 2.61 bits per heavy atom. The van der Waals surface area contributed by atoms with E-state index in [1.54, 1.807) is 25.4 Å². The quantitative estimate of drug-likeness (QED) is 0.407. The largest absolute Gasteiger partial charge is 0.494 e. The predicted octanol–water partition coefficient (Wildman–Crippen LogP) is 2.15. The molecule has 4 aromatic rings. The number of hydrogen-bond acceptors (Lipinski definition) is 7. The molecule has 0 aliphatic rings. The maximum atomic E-state index is 13.1. The van der Waals surface area contributed by atoms with Gasteiger partial charge < -0.3 is 20.1 Å². The molecule has 0 radical (unpaired) electrons. The minimum absolute atomic E-state index is 0.173. The summed E-state index contributed by atoms with van der Waals surface area (Å²) in [4.78, 5) is 0. The van der Waals surface area contributed by atoms with Gasteiger partial charge in [-0.2, -0.15) is 15.3 Å². The zero-order valence-electron chi connectivity index (χ0n) is 16.6. The third-order valence-electron chi connectivity index (χ3n) is 4.92. The number of hydrogen-bond donors (Lipinski definition) is 3. The van der Waals surface area contributed by atoms with Gasteiger partial charge in [0.2, 0.25) is 0 Å². The van der Waals surface area contributed by atoms with Crippen molar-refractivity contribution in [1.82, 2.24) is 20.0 Å². The van der Waals surface area contributed by atoms with Crippen molar-refractivity contribution in [2.45, 2.75) is 6.43 Å². The third-order valence-corrected chi connectivity index (χ3v) is 4.92. The van der Waals surface area contributed by atoms with Gasteiger partial charge in [0.15, 0.2) is 0 Å². The molecular formula is C20H18BF2N5O3. The minimum Gasteiger partial charge on any atom is -0.494 e. The van der Waals surface area contributed by atoms with E-state index in [-0.39, 0.29) is 16.8 Å². The highest BCUT2D eigenvalue weighted by atomic mass is 19.3. The number of nitrogens with one attached hydrogen (secondary N) is 1. The topological polar surface area (TPSA) is 105 Å². The van der Waals surface area contributed by atoms with Crippen LogP contribution >= 0.6 is 0 Å². The summed E-state index contributed by atoms with van der Waals surface area (Å²) in [7, 11) is 1.42. The highest BCUT2D eigenvalue weighted by Gasteiger charge is 2.22. The van der Waals surface area contributed by atoms with Gasteiger partial charge in [-0.1, -0.05) is 12.1 Å². The molecule has 0 fully saturated rings. The number of nitrogens with zero attached hydrogens (tertiary/aromatic N) is 4. The van der Waals surface area contributed by atoms with Crippen LogP contribution in [-0.2, 0) is 0 Å². The van der Waals surface area contributed by atoms with E-state index in [0.29, 0.717) is 22.3 Å². The molecule has 11 heteroatoms. The molecule has 0 amide bonds. The highest BCUT2D eigenvalue weighted by Crippen LogP contribution is 2.35. The fourth-order valence-corrected chi connectivity index (χ4v) is 3.39. The van der Waals surface area contributed by atoms with Gasteiger partial charge in [0.05, 0.1) is 36.3 Å². The second-order valence-corrected chi connectivity index (χ2v) is 6.75. The van der Waals surface area contributed by atoms with E-state index < -0.39 is 13.5 Å². The monoisotopic (exact) mass is 425 g/mol. The van der Waals surface area contributed by atoms with Crippen LogP contribution in [-0.4, -0.2) is 51.3 Å². The average Bonchev–Trinajstić information content (AvgIpc) is 3.27. The van der Waals surface area contributed by atoms with Crippen molar-refractivity contribution >= 4 is 29.2 Å². The van der Waals surface area contributed by atoms with Gasteiger partial charge >= 0.3 is 7.12 Å². The van der Waals surface area contributed by atoms with E-state index in [2.05, 4.69) is 20.6 Å².